The maximum atomic E-state index is 12.2. The second-order valence-electron chi connectivity index (χ2n) is 6.05. The SMILES string of the molecule is CCNC(=O)c1ccc(C)c(NCC(=O)Nc2ccc([N+](=O)[O-])cc2C)c1. The highest BCUT2D eigenvalue weighted by Crippen LogP contribution is 2.21. The van der Waals surface area contributed by atoms with Crippen molar-refractivity contribution in [2.24, 2.45) is 0 Å². The van der Waals surface area contributed by atoms with Crippen molar-refractivity contribution >= 4 is 28.9 Å². The minimum Gasteiger partial charge on any atom is -0.376 e. The molecule has 2 amide bonds. The third kappa shape index (κ3) is 5.27. The molecule has 0 fully saturated rings. The first-order chi connectivity index (χ1) is 12.8. The minimum atomic E-state index is -0.482. The number of hydrogen-bond donors (Lipinski definition) is 3. The number of nitrogens with zero attached hydrogens (tertiary/aromatic N) is 1. The van der Waals surface area contributed by atoms with Gasteiger partial charge >= 0.3 is 0 Å². The summed E-state index contributed by atoms with van der Waals surface area (Å²) in [6, 6.07) is 9.49. The number of benzene rings is 2. The summed E-state index contributed by atoms with van der Waals surface area (Å²) < 4.78 is 0. The highest BCUT2D eigenvalue weighted by molar-refractivity contribution is 5.96. The first-order valence-electron chi connectivity index (χ1n) is 8.49. The van der Waals surface area contributed by atoms with Gasteiger partial charge in [-0.2, -0.15) is 0 Å². The van der Waals surface area contributed by atoms with Crippen LogP contribution in [0.25, 0.3) is 0 Å². The maximum absolute atomic E-state index is 12.2. The van der Waals surface area contributed by atoms with E-state index in [1.165, 1.54) is 18.2 Å². The number of carbonyl (C=O) groups excluding carboxylic acids is 2. The highest BCUT2D eigenvalue weighted by atomic mass is 16.6. The van der Waals surface area contributed by atoms with E-state index in [9.17, 15) is 19.7 Å². The number of carbonyl (C=O) groups is 2. The lowest BCUT2D eigenvalue weighted by atomic mass is 10.1. The van der Waals surface area contributed by atoms with Gasteiger partial charge in [-0.3, -0.25) is 19.7 Å². The lowest BCUT2D eigenvalue weighted by Gasteiger charge is -2.12. The summed E-state index contributed by atoms with van der Waals surface area (Å²) in [5.41, 5.74) is 3.20. The smallest absolute Gasteiger partial charge is 0.269 e. The predicted octanol–water partition coefficient (Wildman–Crippen LogP) is 3.01. The van der Waals surface area contributed by atoms with Crippen LogP contribution in [0.5, 0.6) is 0 Å². The van der Waals surface area contributed by atoms with Crippen molar-refractivity contribution in [3.63, 3.8) is 0 Å². The number of nitrogens with one attached hydrogen (secondary N) is 3. The fourth-order valence-corrected chi connectivity index (χ4v) is 2.49. The van der Waals surface area contributed by atoms with Crippen molar-refractivity contribution < 1.29 is 14.5 Å². The van der Waals surface area contributed by atoms with Crippen molar-refractivity contribution in [3.8, 4) is 0 Å². The van der Waals surface area contributed by atoms with Crippen molar-refractivity contribution in [2.75, 3.05) is 23.7 Å². The molecule has 3 N–H and O–H groups in total. The molecule has 2 aromatic rings. The zero-order valence-corrected chi connectivity index (χ0v) is 15.5. The predicted molar refractivity (Wildman–Crippen MR) is 104 cm³/mol. The molecule has 0 aliphatic heterocycles. The number of aryl methyl sites for hydroxylation is 2. The fraction of sp³-hybridized carbons (Fsp3) is 0.263. The average molecular weight is 370 g/mol. The van der Waals surface area contributed by atoms with Gasteiger partial charge in [-0.1, -0.05) is 6.07 Å². The summed E-state index contributed by atoms with van der Waals surface area (Å²) in [5, 5.41) is 19.2. The minimum absolute atomic E-state index is 0.00385. The molecule has 0 aliphatic carbocycles. The van der Waals surface area contributed by atoms with Gasteiger partial charge in [-0.25, -0.2) is 0 Å². The number of nitro benzene ring substituents is 1. The zero-order chi connectivity index (χ0) is 20.0. The summed E-state index contributed by atoms with van der Waals surface area (Å²) in [6.07, 6.45) is 0. The Bertz CT molecular complexity index is 880. The van der Waals surface area contributed by atoms with Crippen LogP contribution in [-0.2, 0) is 4.79 Å². The van der Waals surface area contributed by atoms with Crippen LogP contribution in [0.1, 0.15) is 28.4 Å². The quantitative estimate of drug-likeness (QED) is 0.512. The molecule has 0 atom stereocenters. The van der Waals surface area contributed by atoms with Crippen LogP contribution in [0.15, 0.2) is 36.4 Å². The Morgan fingerprint density at radius 2 is 1.78 bits per heavy atom. The van der Waals surface area contributed by atoms with E-state index < -0.39 is 4.92 Å². The van der Waals surface area contributed by atoms with Gasteiger partial charge in [0.2, 0.25) is 5.91 Å². The fourth-order valence-electron chi connectivity index (χ4n) is 2.49. The molecule has 0 bridgehead atoms. The van der Waals surface area contributed by atoms with Gasteiger partial charge in [-0.05, 0) is 50.1 Å². The van der Waals surface area contributed by atoms with Crippen molar-refractivity contribution in [3.05, 3.63) is 63.2 Å². The number of hydrogen-bond acceptors (Lipinski definition) is 5. The molecule has 142 valence electrons. The number of amides is 2. The van der Waals surface area contributed by atoms with Crippen LogP contribution in [0.2, 0.25) is 0 Å². The molecular weight excluding hydrogens is 348 g/mol. The van der Waals surface area contributed by atoms with Crippen LogP contribution < -0.4 is 16.0 Å². The standard InChI is InChI=1S/C19H22N4O4/c1-4-20-19(25)14-6-5-12(2)17(10-14)21-11-18(24)22-16-8-7-15(23(26)27)9-13(16)3/h5-10,21H,4,11H2,1-3H3,(H,20,25)(H,22,24). The molecule has 0 heterocycles. The van der Waals surface area contributed by atoms with Gasteiger partial charge in [0.05, 0.1) is 11.5 Å². The Hall–Kier alpha value is -3.42. The molecule has 0 unspecified atom stereocenters. The number of rotatable bonds is 7. The Labute approximate surface area is 157 Å². The van der Waals surface area contributed by atoms with Crippen molar-refractivity contribution in [2.45, 2.75) is 20.8 Å². The van der Waals surface area contributed by atoms with E-state index in [0.717, 1.165) is 5.56 Å². The topological polar surface area (TPSA) is 113 Å². The molecule has 0 aromatic heterocycles. The Morgan fingerprint density at radius 1 is 1.04 bits per heavy atom. The largest absolute Gasteiger partial charge is 0.376 e. The van der Waals surface area contributed by atoms with Gasteiger partial charge in [-0.15, -0.1) is 0 Å². The van der Waals surface area contributed by atoms with Gasteiger partial charge in [0.1, 0.15) is 0 Å². The molecular formula is C19H22N4O4. The Kier molecular flexibility index (Phi) is 6.48. The molecule has 2 rings (SSSR count). The van der Waals surface area contributed by atoms with Gasteiger partial charge in [0.25, 0.3) is 11.6 Å². The highest BCUT2D eigenvalue weighted by Gasteiger charge is 2.11. The average Bonchev–Trinajstić information content (AvgIpc) is 2.62. The number of anilines is 2. The third-order valence-electron chi connectivity index (χ3n) is 3.97. The van der Waals surface area contributed by atoms with Gasteiger partial charge in [0, 0.05) is 35.6 Å². The lowest BCUT2D eigenvalue weighted by molar-refractivity contribution is -0.384. The van der Waals surface area contributed by atoms with Crippen molar-refractivity contribution in [1.29, 1.82) is 0 Å². The van der Waals surface area contributed by atoms with Crippen LogP contribution in [0.3, 0.4) is 0 Å². The van der Waals surface area contributed by atoms with E-state index in [2.05, 4.69) is 16.0 Å². The molecule has 0 saturated carbocycles. The van der Waals surface area contributed by atoms with Crippen LogP contribution in [-0.4, -0.2) is 29.8 Å². The molecule has 0 radical (unpaired) electrons. The number of non-ortho nitro benzene ring substituents is 1. The van der Waals surface area contributed by atoms with E-state index >= 15 is 0 Å². The van der Waals surface area contributed by atoms with E-state index in [4.69, 9.17) is 0 Å². The van der Waals surface area contributed by atoms with Crippen LogP contribution in [0.4, 0.5) is 17.1 Å². The molecule has 8 nitrogen and oxygen atoms in total. The first-order valence-corrected chi connectivity index (χ1v) is 8.49. The van der Waals surface area contributed by atoms with Crippen LogP contribution >= 0.6 is 0 Å². The summed E-state index contributed by atoms with van der Waals surface area (Å²) in [5.74, 6) is -0.471. The molecule has 27 heavy (non-hydrogen) atoms. The summed E-state index contributed by atoms with van der Waals surface area (Å²) >= 11 is 0. The summed E-state index contributed by atoms with van der Waals surface area (Å²) in [7, 11) is 0. The monoisotopic (exact) mass is 370 g/mol. The lowest BCUT2D eigenvalue weighted by Crippen LogP contribution is -2.24. The third-order valence-corrected chi connectivity index (χ3v) is 3.97. The van der Waals surface area contributed by atoms with Crippen molar-refractivity contribution in [1.82, 2.24) is 5.32 Å². The zero-order valence-electron chi connectivity index (χ0n) is 15.5. The summed E-state index contributed by atoms with van der Waals surface area (Å²) in [4.78, 5) is 34.4. The Balaban J connectivity index is 2.02. The van der Waals surface area contributed by atoms with E-state index in [0.29, 0.717) is 29.0 Å². The van der Waals surface area contributed by atoms with Gasteiger partial charge < -0.3 is 16.0 Å². The van der Waals surface area contributed by atoms with E-state index in [1.807, 2.05) is 19.9 Å². The molecule has 0 aliphatic rings. The summed E-state index contributed by atoms with van der Waals surface area (Å²) in [6.45, 7) is 5.94. The second kappa shape index (κ2) is 8.79. The molecule has 0 saturated heterocycles. The molecule has 8 heteroatoms. The van der Waals surface area contributed by atoms with E-state index in [1.54, 1.807) is 19.1 Å². The Morgan fingerprint density at radius 3 is 2.41 bits per heavy atom. The number of nitro groups is 1. The van der Waals surface area contributed by atoms with Crippen LogP contribution in [0, 0.1) is 24.0 Å². The molecule has 0 spiro atoms. The first kappa shape index (κ1) is 19.9. The maximum Gasteiger partial charge on any atom is 0.269 e. The van der Waals surface area contributed by atoms with Gasteiger partial charge in [0.15, 0.2) is 0 Å². The molecule has 2 aromatic carbocycles. The normalized spacial score (nSPS) is 10.2. The second-order valence-corrected chi connectivity index (χ2v) is 6.05. The van der Waals surface area contributed by atoms with E-state index in [-0.39, 0.29) is 24.0 Å².